The van der Waals surface area contributed by atoms with Gasteiger partial charge in [0.2, 0.25) is 0 Å². The lowest BCUT2D eigenvalue weighted by Crippen LogP contribution is -2.13. The number of anilines is 1. The van der Waals surface area contributed by atoms with Gasteiger partial charge in [-0.3, -0.25) is 0 Å². The van der Waals surface area contributed by atoms with E-state index in [1.807, 2.05) is 32.1 Å². The van der Waals surface area contributed by atoms with Gasteiger partial charge in [-0.25, -0.2) is 4.98 Å². The summed E-state index contributed by atoms with van der Waals surface area (Å²) in [6.45, 7) is 4.03. The van der Waals surface area contributed by atoms with E-state index in [-0.39, 0.29) is 6.04 Å². The average molecular weight is 179 g/mol. The van der Waals surface area contributed by atoms with Gasteiger partial charge in [-0.2, -0.15) is 0 Å². The van der Waals surface area contributed by atoms with Crippen molar-refractivity contribution in [2.24, 2.45) is 5.73 Å². The Hall–Kier alpha value is -1.09. The second-order valence-corrected chi connectivity index (χ2v) is 3.58. The monoisotopic (exact) mass is 179 g/mol. The van der Waals surface area contributed by atoms with Crippen molar-refractivity contribution in [3.05, 3.63) is 23.4 Å². The van der Waals surface area contributed by atoms with Crippen LogP contribution in [0, 0.1) is 6.92 Å². The molecule has 13 heavy (non-hydrogen) atoms. The Morgan fingerprint density at radius 2 is 2.08 bits per heavy atom. The average Bonchev–Trinajstić information content (AvgIpc) is 2.03. The lowest BCUT2D eigenvalue weighted by atomic mass is 10.1. The molecule has 72 valence electrons. The van der Waals surface area contributed by atoms with Gasteiger partial charge in [0.1, 0.15) is 5.82 Å². The first-order valence-electron chi connectivity index (χ1n) is 4.42. The third-order valence-electron chi connectivity index (χ3n) is 2.09. The molecule has 0 unspecified atom stereocenters. The number of rotatable bonds is 2. The smallest absolute Gasteiger partial charge is 0.128 e. The van der Waals surface area contributed by atoms with Gasteiger partial charge in [-0.1, -0.05) is 0 Å². The van der Waals surface area contributed by atoms with Gasteiger partial charge in [0.15, 0.2) is 0 Å². The molecule has 0 fully saturated rings. The van der Waals surface area contributed by atoms with E-state index in [1.165, 1.54) is 5.56 Å². The van der Waals surface area contributed by atoms with Crippen LogP contribution >= 0.6 is 0 Å². The molecule has 0 aliphatic heterocycles. The summed E-state index contributed by atoms with van der Waals surface area (Å²) in [5, 5.41) is 0. The molecule has 0 bridgehead atoms. The van der Waals surface area contributed by atoms with Gasteiger partial charge in [0.05, 0.1) is 0 Å². The molecule has 1 aromatic rings. The van der Waals surface area contributed by atoms with Crippen molar-refractivity contribution in [3.8, 4) is 0 Å². The Bertz CT molecular complexity index is 292. The second-order valence-electron chi connectivity index (χ2n) is 3.58. The molecule has 0 amide bonds. The van der Waals surface area contributed by atoms with Crippen molar-refractivity contribution in [1.82, 2.24) is 4.98 Å². The number of aryl methyl sites for hydroxylation is 1. The largest absolute Gasteiger partial charge is 0.363 e. The number of pyridine rings is 1. The van der Waals surface area contributed by atoms with Crippen LogP contribution < -0.4 is 10.6 Å². The van der Waals surface area contributed by atoms with E-state index in [0.717, 1.165) is 11.4 Å². The SMILES string of the molecule is Cc1cc(N(C)C)ncc1[C@H](C)N. The highest BCUT2D eigenvalue weighted by Crippen LogP contribution is 2.17. The zero-order valence-corrected chi connectivity index (χ0v) is 8.70. The minimum atomic E-state index is 0.0590. The predicted octanol–water partition coefficient (Wildman–Crippen LogP) is 1.48. The van der Waals surface area contributed by atoms with Crippen molar-refractivity contribution < 1.29 is 0 Å². The highest BCUT2D eigenvalue weighted by molar-refractivity contribution is 5.42. The lowest BCUT2D eigenvalue weighted by Gasteiger charge is -2.15. The summed E-state index contributed by atoms with van der Waals surface area (Å²) in [6.07, 6.45) is 1.86. The molecule has 2 N–H and O–H groups in total. The minimum absolute atomic E-state index is 0.0590. The molecule has 0 radical (unpaired) electrons. The molecule has 1 aromatic heterocycles. The number of nitrogens with zero attached hydrogens (tertiary/aromatic N) is 2. The van der Waals surface area contributed by atoms with Crippen molar-refractivity contribution in [1.29, 1.82) is 0 Å². The van der Waals surface area contributed by atoms with E-state index in [0.29, 0.717) is 0 Å². The second kappa shape index (κ2) is 3.75. The molecule has 0 saturated heterocycles. The molecule has 1 atom stereocenters. The Morgan fingerprint density at radius 1 is 1.46 bits per heavy atom. The molecule has 0 saturated carbocycles. The topological polar surface area (TPSA) is 42.2 Å². The normalized spacial score (nSPS) is 12.7. The van der Waals surface area contributed by atoms with Crippen LogP contribution in [0.25, 0.3) is 0 Å². The molecule has 0 aromatic carbocycles. The molecule has 0 aliphatic carbocycles. The van der Waals surface area contributed by atoms with Crippen LogP contribution in [-0.4, -0.2) is 19.1 Å². The summed E-state index contributed by atoms with van der Waals surface area (Å²) in [5.41, 5.74) is 8.11. The molecule has 1 rings (SSSR count). The van der Waals surface area contributed by atoms with Crippen LogP contribution in [0.4, 0.5) is 5.82 Å². The molecular weight excluding hydrogens is 162 g/mol. The van der Waals surface area contributed by atoms with E-state index in [4.69, 9.17) is 5.73 Å². The number of hydrogen-bond donors (Lipinski definition) is 1. The van der Waals surface area contributed by atoms with Gasteiger partial charge >= 0.3 is 0 Å². The lowest BCUT2D eigenvalue weighted by molar-refractivity contribution is 0.801. The number of aromatic nitrogens is 1. The van der Waals surface area contributed by atoms with E-state index in [9.17, 15) is 0 Å². The van der Waals surface area contributed by atoms with Crippen LogP contribution in [-0.2, 0) is 0 Å². The van der Waals surface area contributed by atoms with Gasteiger partial charge < -0.3 is 10.6 Å². The first kappa shape index (κ1) is 9.99. The van der Waals surface area contributed by atoms with E-state index in [2.05, 4.69) is 18.0 Å². The highest BCUT2D eigenvalue weighted by atomic mass is 15.1. The fraction of sp³-hybridized carbons (Fsp3) is 0.500. The summed E-state index contributed by atoms with van der Waals surface area (Å²) < 4.78 is 0. The van der Waals surface area contributed by atoms with Crippen LogP contribution in [0.3, 0.4) is 0 Å². The van der Waals surface area contributed by atoms with Crippen molar-refractivity contribution in [2.75, 3.05) is 19.0 Å². The first-order valence-corrected chi connectivity index (χ1v) is 4.42. The summed E-state index contributed by atoms with van der Waals surface area (Å²) in [5.74, 6) is 0.974. The molecule has 3 nitrogen and oxygen atoms in total. The van der Waals surface area contributed by atoms with E-state index >= 15 is 0 Å². The maximum absolute atomic E-state index is 5.79. The third-order valence-corrected chi connectivity index (χ3v) is 2.09. The van der Waals surface area contributed by atoms with Crippen molar-refractivity contribution >= 4 is 5.82 Å². The molecule has 0 spiro atoms. The van der Waals surface area contributed by atoms with Crippen LogP contribution in [0.2, 0.25) is 0 Å². The Balaban J connectivity index is 3.06. The van der Waals surface area contributed by atoms with E-state index in [1.54, 1.807) is 0 Å². The van der Waals surface area contributed by atoms with Gasteiger partial charge in [-0.15, -0.1) is 0 Å². The molecular formula is C10H17N3. The van der Waals surface area contributed by atoms with Gasteiger partial charge in [0.25, 0.3) is 0 Å². The van der Waals surface area contributed by atoms with Crippen LogP contribution in [0.15, 0.2) is 12.3 Å². The Kier molecular flexibility index (Phi) is 2.88. The molecule has 3 heteroatoms. The zero-order valence-electron chi connectivity index (χ0n) is 8.70. The van der Waals surface area contributed by atoms with Crippen molar-refractivity contribution in [3.63, 3.8) is 0 Å². The standard InChI is InChI=1S/C10H17N3/c1-7-5-10(13(3)4)12-6-9(7)8(2)11/h5-6,8H,11H2,1-4H3/t8-/m0/s1. The van der Waals surface area contributed by atoms with Gasteiger partial charge in [-0.05, 0) is 31.0 Å². The third kappa shape index (κ3) is 2.18. The fourth-order valence-corrected chi connectivity index (χ4v) is 1.27. The number of nitrogens with two attached hydrogens (primary N) is 1. The van der Waals surface area contributed by atoms with Crippen LogP contribution in [0.1, 0.15) is 24.1 Å². The summed E-state index contributed by atoms with van der Waals surface area (Å²) in [4.78, 5) is 6.29. The predicted molar refractivity (Wildman–Crippen MR) is 55.9 cm³/mol. The van der Waals surface area contributed by atoms with Crippen LogP contribution in [0.5, 0.6) is 0 Å². The Morgan fingerprint density at radius 3 is 2.46 bits per heavy atom. The highest BCUT2D eigenvalue weighted by Gasteiger charge is 2.05. The Labute approximate surface area is 79.6 Å². The molecule has 0 aliphatic rings. The summed E-state index contributed by atoms with van der Waals surface area (Å²) >= 11 is 0. The summed E-state index contributed by atoms with van der Waals surface area (Å²) in [7, 11) is 3.96. The zero-order chi connectivity index (χ0) is 10.0. The van der Waals surface area contributed by atoms with Crippen molar-refractivity contribution in [2.45, 2.75) is 19.9 Å². The van der Waals surface area contributed by atoms with Gasteiger partial charge in [0, 0.05) is 26.3 Å². The van der Waals surface area contributed by atoms with E-state index < -0.39 is 0 Å². The molecule has 1 heterocycles. The maximum Gasteiger partial charge on any atom is 0.128 e. The minimum Gasteiger partial charge on any atom is -0.363 e. The fourth-order valence-electron chi connectivity index (χ4n) is 1.27. The summed E-state index contributed by atoms with van der Waals surface area (Å²) in [6, 6.07) is 2.11. The maximum atomic E-state index is 5.79. The quantitative estimate of drug-likeness (QED) is 0.747. The first-order chi connectivity index (χ1) is 6.02. The number of hydrogen-bond acceptors (Lipinski definition) is 3.